The highest BCUT2D eigenvalue weighted by atomic mass is 35.5. The molecule has 0 amide bonds. The molecule has 3 unspecified atom stereocenters. The van der Waals surface area contributed by atoms with Gasteiger partial charge >= 0.3 is 0 Å². The molecule has 0 aliphatic heterocycles. The van der Waals surface area contributed by atoms with Gasteiger partial charge < -0.3 is 5.32 Å². The Balaban J connectivity index is 2.12. The molecule has 20 heavy (non-hydrogen) atoms. The molecule has 1 aromatic carbocycles. The first-order valence-electron chi connectivity index (χ1n) is 7.79. The number of nitrogens with one attached hydrogen (secondary N) is 1. The Morgan fingerprint density at radius 3 is 2.85 bits per heavy atom. The lowest BCUT2D eigenvalue weighted by Crippen LogP contribution is -2.39. The first-order valence-corrected chi connectivity index (χ1v) is 8.17. The van der Waals surface area contributed by atoms with Gasteiger partial charge in [-0.25, -0.2) is 4.39 Å². The fraction of sp³-hybridized carbons (Fsp3) is 0.647. The molecule has 1 aliphatic carbocycles. The Kier molecular flexibility index (Phi) is 5.86. The van der Waals surface area contributed by atoms with Crippen LogP contribution in [0.4, 0.5) is 4.39 Å². The van der Waals surface area contributed by atoms with E-state index in [-0.39, 0.29) is 10.8 Å². The number of rotatable bonds is 6. The molecule has 1 fully saturated rings. The molecule has 1 nitrogen and oxygen atoms in total. The molecule has 3 heteroatoms. The third-order valence-corrected chi connectivity index (χ3v) is 4.86. The summed E-state index contributed by atoms with van der Waals surface area (Å²) >= 11 is 5.89. The van der Waals surface area contributed by atoms with Crippen molar-refractivity contribution in [2.24, 2.45) is 11.8 Å². The van der Waals surface area contributed by atoms with E-state index < -0.39 is 0 Å². The van der Waals surface area contributed by atoms with E-state index in [1.165, 1.54) is 19.3 Å². The SMILES string of the molecule is CCCNC(Cc1cccc(Cl)c1F)C1CCCC1C. The maximum absolute atomic E-state index is 14.1. The monoisotopic (exact) mass is 297 g/mol. The van der Waals surface area contributed by atoms with Gasteiger partial charge in [-0.1, -0.05) is 50.4 Å². The van der Waals surface area contributed by atoms with E-state index >= 15 is 0 Å². The van der Waals surface area contributed by atoms with Crippen LogP contribution < -0.4 is 5.32 Å². The van der Waals surface area contributed by atoms with Crippen LogP contribution >= 0.6 is 11.6 Å². The average molecular weight is 298 g/mol. The van der Waals surface area contributed by atoms with Crippen LogP contribution in [0.15, 0.2) is 18.2 Å². The van der Waals surface area contributed by atoms with Crippen LogP contribution in [0.1, 0.15) is 45.1 Å². The molecule has 0 bridgehead atoms. The van der Waals surface area contributed by atoms with Gasteiger partial charge in [0.2, 0.25) is 0 Å². The highest BCUT2D eigenvalue weighted by molar-refractivity contribution is 6.30. The lowest BCUT2D eigenvalue weighted by Gasteiger charge is -2.28. The van der Waals surface area contributed by atoms with E-state index in [2.05, 4.69) is 19.2 Å². The molecule has 112 valence electrons. The van der Waals surface area contributed by atoms with Crippen molar-refractivity contribution in [2.45, 2.75) is 52.0 Å². The van der Waals surface area contributed by atoms with Gasteiger partial charge in [0.25, 0.3) is 0 Å². The minimum absolute atomic E-state index is 0.233. The smallest absolute Gasteiger partial charge is 0.145 e. The van der Waals surface area contributed by atoms with Gasteiger partial charge in [-0.2, -0.15) is 0 Å². The van der Waals surface area contributed by atoms with Crippen LogP contribution in [-0.2, 0) is 6.42 Å². The van der Waals surface area contributed by atoms with Gasteiger partial charge in [-0.3, -0.25) is 0 Å². The van der Waals surface area contributed by atoms with Crippen LogP contribution in [0.25, 0.3) is 0 Å². The molecular formula is C17H25ClFN. The van der Waals surface area contributed by atoms with Crippen LogP contribution in [0.3, 0.4) is 0 Å². The normalized spacial score (nSPS) is 24.0. The van der Waals surface area contributed by atoms with Crippen molar-refractivity contribution in [1.29, 1.82) is 0 Å². The van der Waals surface area contributed by atoms with Crippen LogP contribution in [0, 0.1) is 17.7 Å². The van der Waals surface area contributed by atoms with Gasteiger partial charge in [0, 0.05) is 6.04 Å². The molecule has 0 heterocycles. The zero-order valence-corrected chi connectivity index (χ0v) is 13.2. The second kappa shape index (κ2) is 7.42. The average Bonchev–Trinajstić information content (AvgIpc) is 2.85. The van der Waals surface area contributed by atoms with Crippen molar-refractivity contribution in [3.8, 4) is 0 Å². The minimum Gasteiger partial charge on any atom is -0.313 e. The minimum atomic E-state index is -0.247. The Morgan fingerprint density at radius 2 is 2.20 bits per heavy atom. The first-order chi connectivity index (χ1) is 9.63. The van der Waals surface area contributed by atoms with E-state index in [1.807, 2.05) is 12.1 Å². The van der Waals surface area contributed by atoms with Gasteiger partial charge in [0.15, 0.2) is 0 Å². The van der Waals surface area contributed by atoms with Crippen molar-refractivity contribution in [2.75, 3.05) is 6.54 Å². The van der Waals surface area contributed by atoms with Gasteiger partial charge in [-0.15, -0.1) is 0 Å². The standard InChI is InChI=1S/C17H25ClFN/c1-3-10-20-16(14-8-4-6-12(14)2)11-13-7-5-9-15(18)17(13)19/h5,7,9,12,14,16,20H,3-4,6,8,10-11H2,1-2H3. The van der Waals surface area contributed by atoms with Crippen molar-refractivity contribution < 1.29 is 4.39 Å². The van der Waals surface area contributed by atoms with Crippen molar-refractivity contribution >= 4 is 11.6 Å². The summed E-state index contributed by atoms with van der Waals surface area (Å²) in [5, 5.41) is 3.86. The number of halogens is 2. The predicted octanol–water partition coefficient (Wildman–Crippen LogP) is 4.83. The Morgan fingerprint density at radius 1 is 1.40 bits per heavy atom. The van der Waals surface area contributed by atoms with Crippen molar-refractivity contribution in [3.05, 3.63) is 34.6 Å². The van der Waals surface area contributed by atoms with E-state index in [4.69, 9.17) is 11.6 Å². The molecule has 1 N–H and O–H groups in total. The molecule has 1 aromatic rings. The molecule has 0 saturated heterocycles. The molecule has 0 radical (unpaired) electrons. The largest absolute Gasteiger partial charge is 0.313 e. The number of hydrogen-bond donors (Lipinski definition) is 1. The topological polar surface area (TPSA) is 12.0 Å². The van der Waals surface area contributed by atoms with E-state index in [0.717, 1.165) is 30.9 Å². The zero-order chi connectivity index (χ0) is 14.5. The van der Waals surface area contributed by atoms with Gasteiger partial charge in [0.05, 0.1) is 5.02 Å². The third kappa shape index (κ3) is 3.73. The van der Waals surface area contributed by atoms with E-state index in [1.54, 1.807) is 6.07 Å². The Labute approximate surface area is 126 Å². The van der Waals surface area contributed by atoms with Crippen LogP contribution in [0.2, 0.25) is 5.02 Å². The molecule has 1 saturated carbocycles. The quantitative estimate of drug-likeness (QED) is 0.793. The number of benzene rings is 1. The maximum atomic E-state index is 14.1. The van der Waals surface area contributed by atoms with Crippen molar-refractivity contribution in [3.63, 3.8) is 0 Å². The summed E-state index contributed by atoms with van der Waals surface area (Å²) in [5.74, 6) is 1.13. The summed E-state index contributed by atoms with van der Waals surface area (Å²) in [6.07, 6.45) is 5.70. The molecular weight excluding hydrogens is 273 g/mol. The third-order valence-electron chi connectivity index (χ3n) is 4.57. The highest BCUT2D eigenvalue weighted by Gasteiger charge is 2.31. The molecule has 0 spiro atoms. The van der Waals surface area contributed by atoms with Crippen LogP contribution in [0.5, 0.6) is 0 Å². The fourth-order valence-corrected chi connectivity index (χ4v) is 3.61. The Hall–Kier alpha value is -0.600. The molecule has 2 rings (SSSR count). The summed E-state index contributed by atoms with van der Waals surface area (Å²) < 4.78 is 14.1. The summed E-state index contributed by atoms with van der Waals surface area (Å²) in [6.45, 7) is 5.49. The molecule has 0 aromatic heterocycles. The summed E-state index contributed by atoms with van der Waals surface area (Å²) in [5.41, 5.74) is 0.741. The summed E-state index contributed by atoms with van der Waals surface area (Å²) in [7, 11) is 0. The lowest BCUT2D eigenvalue weighted by atomic mass is 9.86. The second-order valence-corrected chi connectivity index (χ2v) is 6.46. The maximum Gasteiger partial charge on any atom is 0.145 e. The summed E-state index contributed by atoms with van der Waals surface area (Å²) in [4.78, 5) is 0. The highest BCUT2D eigenvalue weighted by Crippen LogP contribution is 2.35. The number of hydrogen-bond acceptors (Lipinski definition) is 1. The lowest BCUT2D eigenvalue weighted by molar-refractivity contribution is 0.293. The van der Waals surface area contributed by atoms with E-state index in [9.17, 15) is 4.39 Å². The van der Waals surface area contributed by atoms with Gasteiger partial charge in [0.1, 0.15) is 5.82 Å². The molecule has 1 aliphatic rings. The van der Waals surface area contributed by atoms with Crippen molar-refractivity contribution in [1.82, 2.24) is 5.32 Å². The second-order valence-electron chi connectivity index (χ2n) is 6.05. The molecule has 3 atom stereocenters. The predicted molar refractivity (Wildman–Crippen MR) is 83.7 cm³/mol. The zero-order valence-electron chi connectivity index (χ0n) is 12.5. The van der Waals surface area contributed by atoms with E-state index in [0.29, 0.717) is 12.0 Å². The fourth-order valence-electron chi connectivity index (χ4n) is 3.42. The summed E-state index contributed by atoms with van der Waals surface area (Å²) in [6, 6.07) is 5.69. The van der Waals surface area contributed by atoms with Gasteiger partial charge in [-0.05, 0) is 49.3 Å². The first kappa shape index (κ1) is 15.8. The Bertz CT molecular complexity index is 435. The van der Waals surface area contributed by atoms with Crippen LogP contribution in [-0.4, -0.2) is 12.6 Å².